The van der Waals surface area contributed by atoms with Gasteiger partial charge in [-0.15, -0.1) is 0 Å². The van der Waals surface area contributed by atoms with E-state index < -0.39 is 33.1 Å². The summed E-state index contributed by atoms with van der Waals surface area (Å²) in [4.78, 5) is 80.8. The monoisotopic (exact) mass is 1280 g/mol. The van der Waals surface area contributed by atoms with Crippen molar-refractivity contribution < 1.29 is 52.4 Å². The number of aromatic carboxylic acids is 1. The zero-order chi connectivity index (χ0) is 63.4. The van der Waals surface area contributed by atoms with Gasteiger partial charge in [-0.3, -0.25) is 54.7 Å². The first-order valence-corrected chi connectivity index (χ1v) is 26.5. The molecular formula is C56H47Cl5F2N12O11. The molecule has 1 amide bonds. The number of nitrogens with zero attached hydrogens (tertiary/aromatic N) is 7. The number of aromatic amines is 3. The average molecular weight is 1280 g/mol. The maximum Gasteiger partial charge on any atom is 0.354 e. The minimum absolute atomic E-state index is 0.0319. The molecule has 0 saturated heterocycles. The van der Waals surface area contributed by atoms with Gasteiger partial charge in [0.1, 0.15) is 33.1 Å². The van der Waals surface area contributed by atoms with Gasteiger partial charge in [-0.1, -0.05) is 77.1 Å². The zero-order valence-corrected chi connectivity index (χ0v) is 48.9. The van der Waals surface area contributed by atoms with Crippen LogP contribution in [0.2, 0.25) is 25.1 Å². The van der Waals surface area contributed by atoms with Crippen LogP contribution in [-0.4, -0.2) is 93.0 Å². The molecule has 5 heterocycles. The third-order valence-corrected chi connectivity index (χ3v) is 13.1. The molecule has 1 fully saturated rings. The van der Waals surface area contributed by atoms with E-state index >= 15 is 0 Å². The number of aldehydes is 2. The Kier molecular flexibility index (Phi) is 25.0. The number of ether oxygens (including phenoxy) is 1. The number of carboxylic acids is 1. The van der Waals surface area contributed by atoms with Gasteiger partial charge in [-0.05, 0) is 105 Å². The largest absolute Gasteiger partial charge is 0.477 e. The lowest BCUT2D eigenvalue weighted by Crippen LogP contribution is -2.29. The molecule has 30 heteroatoms. The summed E-state index contributed by atoms with van der Waals surface area (Å²) < 4.78 is 29.9. The smallest absolute Gasteiger partial charge is 0.354 e. The highest BCUT2D eigenvalue weighted by Gasteiger charge is 2.32. The van der Waals surface area contributed by atoms with Crippen molar-refractivity contribution in [1.29, 1.82) is 0 Å². The summed E-state index contributed by atoms with van der Waals surface area (Å²) >= 11 is 28.4. The van der Waals surface area contributed by atoms with Crippen LogP contribution in [0, 0.1) is 57.5 Å². The highest BCUT2D eigenvalue weighted by Crippen LogP contribution is 2.34. The van der Waals surface area contributed by atoms with Crippen molar-refractivity contribution in [2.75, 3.05) is 18.2 Å². The molecule has 23 nitrogen and oxygen atoms in total. The molecule has 1 aliphatic rings. The van der Waals surface area contributed by atoms with Crippen molar-refractivity contribution in [3.63, 3.8) is 0 Å². The van der Waals surface area contributed by atoms with Gasteiger partial charge in [0.15, 0.2) is 12.6 Å². The number of hydrogen-bond donors (Lipinski definition) is 6. The van der Waals surface area contributed by atoms with Gasteiger partial charge in [0, 0.05) is 50.8 Å². The summed E-state index contributed by atoms with van der Waals surface area (Å²) in [6, 6.07) is 25.6. The van der Waals surface area contributed by atoms with Gasteiger partial charge in [-0.25, -0.2) is 23.5 Å². The highest BCUT2D eigenvalue weighted by molar-refractivity contribution is 6.35. The number of fused-ring (bicyclic) bond motifs is 3. The van der Waals surface area contributed by atoms with Crippen LogP contribution in [0.15, 0.2) is 122 Å². The van der Waals surface area contributed by atoms with E-state index in [4.69, 9.17) is 68.8 Å². The molecular weight excluding hydrogens is 1230 g/mol. The third-order valence-electron chi connectivity index (χ3n) is 11.7. The molecule has 0 bridgehead atoms. The molecule has 1 aliphatic carbocycles. The van der Waals surface area contributed by atoms with Crippen LogP contribution in [0.5, 0.6) is 0 Å². The molecule has 0 radical (unpaired) electrons. The van der Waals surface area contributed by atoms with Crippen LogP contribution in [0.1, 0.15) is 72.8 Å². The molecule has 10 aromatic rings. The number of amides is 1. The number of nitrogens with two attached hydrogens (primary N) is 1. The van der Waals surface area contributed by atoms with Crippen molar-refractivity contribution >= 4 is 144 Å². The molecule has 0 unspecified atom stereocenters. The number of hydrogen-bond acceptors (Lipinski definition) is 16. The van der Waals surface area contributed by atoms with Crippen LogP contribution < -0.4 is 11.1 Å². The van der Waals surface area contributed by atoms with E-state index in [0.29, 0.717) is 49.3 Å². The van der Waals surface area contributed by atoms with E-state index in [1.54, 1.807) is 67.8 Å². The number of carboxylic acid groups (broad SMARTS) is 1. The number of anilines is 2. The van der Waals surface area contributed by atoms with Crippen molar-refractivity contribution in [2.45, 2.75) is 33.6 Å². The summed E-state index contributed by atoms with van der Waals surface area (Å²) in [6.45, 7) is 5.74. The first-order chi connectivity index (χ1) is 40.8. The summed E-state index contributed by atoms with van der Waals surface area (Å²) in [6.07, 6.45) is 7.58. The normalized spacial score (nSPS) is 12.5. The van der Waals surface area contributed by atoms with Gasteiger partial charge < -0.3 is 20.9 Å². The minimum Gasteiger partial charge on any atom is -0.477 e. The first-order valence-electron chi connectivity index (χ1n) is 24.6. The second-order valence-corrected chi connectivity index (χ2v) is 20.1. The average Bonchev–Trinajstić information content (AvgIpc) is 3.80. The van der Waals surface area contributed by atoms with Gasteiger partial charge in [0.05, 0.1) is 90.6 Å². The zero-order valence-electron chi connectivity index (χ0n) is 45.2. The first kappa shape index (κ1) is 67.3. The van der Waals surface area contributed by atoms with Crippen LogP contribution >= 0.6 is 58.0 Å². The van der Waals surface area contributed by atoms with Gasteiger partial charge in [0.2, 0.25) is 0 Å². The number of nitro groups is 2. The number of aromatic nitrogens is 8. The predicted molar refractivity (Wildman–Crippen MR) is 321 cm³/mol. The Labute approximate surface area is 510 Å². The lowest BCUT2D eigenvalue weighted by atomic mass is 9.76. The van der Waals surface area contributed by atoms with Crippen molar-refractivity contribution in [2.24, 2.45) is 11.8 Å². The van der Waals surface area contributed by atoms with E-state index in [1.165, 1.54) is 43.6 Å². The van der Waals surface area contributed by atoms with Crippen LogP contribution in [0.4, 0.5) is 31.5 Å². The summed E-state index contributed by atoms with van der Waals surface area (Å²) in [5.74, 6) is -1.82. The van der Waals surface area contributed by atoms with Crippen LogP contribution in [-0.2, 0) is 9.53 Å². The maximum absolute atomic E-state index is 12.8. The number of methoxy groups -OCH3 is 1. The third kappa shape index (κ3) is 19.5. The van der Waals surface area contributed by atoms with E-state index in [-0.39, 0.29) is 56.6 Å². The Morgan fingerprint density at radius 2 is 1.14 bits per heavy atom. The number of carbonyl (C=O) groups is 5. The van der Waals surface area contributed by atoms with Gasteiger partial charge in [0.25, 0.3) is 17.3 Å². The molecule has 446 valence electrons. The topological polar surface area (TPSA) is 351 Å². The fraction of sp³-hybridized carbons (Fsp3) is 0.143. The van der Waals surface area contributed by atoms with Crippen LogP contribution in [0.3, 0.4) is 0 Å². The number of nitrogen functional groups attached to an aromatic ring is 1. The molecule has 1 saturated carbocycles. The maximum atomic E-state index is 12.8. The van der Waals surface area contributed by atoms with Crippen molar-refractivity contribution in [1.82, 2.24) is 40.6 Å². The van der Waals surface area contributed by atoms with E-state index in [0.717, 1.165) is 70.2 Å². The lowest BCUT2D eigenvalue weighted by molar-refractivity contribution is -0.384. The van der Waals surface area contributed by atoms with Crippen LogP contribution in [0.25, 0.3) is 32.7 Å². The lowest BCUT2D eigenvalue weighted by Gasteiger charge is -2.29. The molecule has 0 atom stereocenters. The number of benzene rings is 5. The fourth-order valence-corrected chi connectivity index (χ4v) is 8.28. The van der Waals surface area contributed by atoms with E-state index in [1.807, 2.05) is 13.0 Å². The number of esters is 1. The van der Waals surface area contributed by atoms with E-state index in [9.17, 15) is 53.0 Å². The number of nitrogens with one attached hydrogen (secondary N) is 4. The minimum atomic E-state index is -0.983. The summed E-state index contributed by atoms with van der Waals surface area (Å²) in [5.41, 5.74) is 10.1. The standard InChI is InChI=1S/C14H11ClN4O.C7H3ClFNO3.C7H4ClFO.C7H4ClN3O2.C7H6ClN3.C7H7NO2.C7H12O2/c1-8-3-2-4-11(17-8)14(20)18-13-5-9-7-16-19-12(9)6-10(13)15;8-5-2-6(9)4(3-11)1-7(5)10(12)13;8-6-2-1-5(4-10)7(9)3-6;8-5-2-6-4(3-9-10-6)1-7(5)11(12)13;8-5-2-7-4(1-6(5)9)3-10-11-7;1-5-3-2-4-6(8-5)7(9)10;1-5-3-6(4-5)7(8)9-2/h2-7H,1H3,(H,16,19)(H,18,20);1-3H;1-4H;1-3H,(H,9,10);1-3H,9H2,(H,10,11);2-4H,1H3,(H,9,10);5-6H,3-4H2,1-2H3. The number of carbonyl (C=O) groups excluding carboxylic acids is 4. The number of nitro benzene ring substituents is 2. The number of pyridine rings is 2. The molecule has 0 spiro atoms. The Hall–Kier alpha value is -9.53. The summed E-state index contributed by atoms with van der Waals surface area (Å²) in [5, 5.41) is 55.4. The molecule has 5 aromatic heterocycles. The Bertz CT molecular complexity index is 4050. The second kappa shape index (κ2) is 31.9. The Balaban J connectivity index is 0.000000186. The SMILES string of the molecule is COC(=O)C1CC(C)C1.Cc1cccc(C(=O)Nc2cc3cn[nH]c3cc2Cl)n1.Cc1cccc(C(=O)O)n1.Nc1cc2cn[nH]c2cc1Cl.O=Cc1cc([N+](=O)[O-])c(Cl)cc1F.O=Cc1ccc(Cl)cc1F.O=[N+]([O-])c1cc2cn[nH]c2cc1Cl. The van der Waals surface area contributed by atoms with Crippen molar-refractivity contribution in [3.05, 3.63) is 213 Å². The number of aryl methyl sites for hydroxylation is 2. The molecule has 86 heavy (non-hydrogen) atoms. The van der Waals surface area contributed by atoms with Gasteiger partial charge >= 0.3 is 11.9 Å². The highest BCUT2D eigenvalue weighted by atomic mass is 35.5. The number of H-pyrrole nitrogens is 3. The Morgan fingerprint density at radius 1 is 0.663 bits per heavy atom. The molecule has 7 N–H and O–H groups in total. The Morgan fingerprint density at radius 3 is 1.63 bits per heavy atom. The van der Waals surface area contributed by atoms with Crippen molar-refractivity contribution in [3.8, 4) is 0 Å². The predicted octanol–water partition coefficient (Wildman–Crippen LogP) is 13.9. The molecule has 5 aromatic carbocycles. The molecule has 11 rings (SSSR count). The molecule has 0 aliphatic heterocycles. The number of halogens is 7. The quantitative estimate of drug-likeness (QED) is 0.0271. The fourth-order valence-electron chi connectivity index (χ4n) is 7.30. The van der Waals surface area contributed by atoms with E-state index in [2.05, 4.69) is 57.5 Å². The summed E-state index contributed by atoms with van der Waals surface area (Å²) in [7, 11) is 1.45. The second-order valence-electron chi connectivity index (χ2n) is 18.0. The van der Waals surface area contributed by atoms with Gasteiger partial charge in [-0.2, -0.15) is 15.3 Å². The number of rotatable bonds is 8.